The second-order valence-electron chi connectivity index (χ2n) is 9.08. The maximum absolute atomic E-state index is 13.6. The fourth-order valence-corrected chi connectivity index (χ4v) is 5.78. The molecule has 160 valence electrons. The quantitative estimate of drug-likeness (QED) is 0.570. The standard InChI is InChI=1S/C23H27FN2O4/c1-14(30-20(27)7-6-18-4-2-3-5-19(18)24)21(28)25-22(29)26-23-11-15-8-16(12-23)10-17(9-15)13-23/h2-7,14-17H,8-13H2,1H3,(H2,25,26,28,29)/b7-6+/t14-,15?,16?,17?,23?/m0/s1. The molecule has 2 N–H and O–H groups in total. The number of hydrogen-bond donors (Lipinski definition) is 2. The Balaban J connectivity index is 1.27. The van der Waals surface area contributed by atoms with Crippen molar-refractivity contribution in [2.75, 3.05) is 0 Å². The van der Waals surface area contributed by atoms with E-state index in [4.69, 9.17) is 4.74 Å². The molecule has 0 heterocycles. The second-order valence-corrected chi connectivity index (χ2v) is 9.08. The van der Waals surface area contributed by atoms with Crippen LogP contribution < -0.4 is 10.6 Å². The van der Waals surface area contributed by atoms with Gasteiger partial charge in [-0.25, -0.2) is 14.0 Å². The molecule has 5 rings (SSSR count). The zero-order valence-electron chi connectivity index (χ0n) is 17.0. The first-order valence-corrected chi connectivity index (χ1v) is 10.6. The van der Waals surface area contributed by atoms with Gasteiger partial charge in [-0.1, -0.05) is 18.2 Å². The van der Waals surface area contributed by atoms with Gasteiger partial charge in [-0.3, -0.25) is 10.1 Å². The lowest BCUT2D eigenvalue weighted by atomic mass is 9.53. The third-order valence-corrected chi connectivity index (χ3v) is 6.62. The molecule has 4 fully saturated rings. The molecule has 0 radical (unpaired) electrons. The van der Waals surface area contributed by atoms with E-state index < -0.39 is 29.8 Å². The normalized spacial score (nSPS) is 30.1. The van der Waals surface area contributed by atoms with E-state index in [9.17, 15) is 18.8 Å². The van der Waals surface area contributed by atoms with Crippen LogP contribution >= 0.6 is 0 Å². The molecule has 4 bridgehead atoms. The van der Waals surface area contributed by atoms with E-state index in [2.05, 4.69) is 10.6 Å². The van der Waals surface area contributed by atoms with E-state index in [0.29, 0.717) is 17.8 Å². The van der Waals surface area contributed by atoms with Crippen LogP contribution in [0.2, 0.25) is 0 Å². The number of benzene rings is 1. The van der Waals surface area contributed by atoms with Crippen LogP contribution in [0.5, 0.6) is 0 Å². The minimum Gasteiger partial charge on any atom is -0.449 e. The number of imide groups is 1. The molecule has 4 aliphatic carbocycles. The smallest absolute Gasteiger partial charge is 0.331 e. The number of carbonyl (C=O) groups excluding carboxylic acids is 3. The highest BCUT2D eigenvalue weighted by molar-refractivity contribution is 5.98. The Labute approximate surface area is 175 Å². The van der Waals surface area contributed by atoms with Gasteiger partial charge in [0, 0.05) is 17.2 Å². The lowest BCUT2D eigenvalue weighted by Gasteiger charge is -2.56. The van der Waals surface area contributed by atoms with Gasteiger partial charge in [-0.2, -0.15) is 0 Å². The lowest BCUT2D eigenvalue weighted by molar-refractivity contribution is -0.149. The molecule has 6 nitrogen and oxygen atoms in total. The molecule has 1 aromatic carbocycles. The van der Waals surface area contributed by atoms with E-state index in [0.717, 1.165) is 25.3 Å². The molecule has 0 aromatic heterocycles. The second kappa shape index (κ2) is 8.20. The largest absolute Gasteiger partial charge is 0.449 e. The fraction of sp³-hybridized carbons (Fsp3) is 0.522. The van der Waals surface area contributed by atoms with Crippen molar-refractivity contribution in [3.63, 3.8) is 0 Å². The van der Waals surface area contributed by atoms with Gasteiger partial charge in [0.2, 0.25) is 0 Å². The van der Waals surface area contributed by atoms with Gasteiger partial charge in [0.25, 0.3) is 5.91 Å². The molecule has 30 heavy (non-hydrogen) atoms. The summed E-state index contributed by atoms with van der Waals surface area (Å²) in [5, 5.41) is 5.34. The first-order valence-electron chi connectivity index (χ1n) is 10.6. The van der Waals surface area contributed by atoms with Crippen molar-refractivity contribution in [1.82, 2.24) is 10.6 Å². The molecule has 0 saturated heterocycles. The van der Waals surface area contributed by atoms with Gasteiger partial charge in [-0.15, -0.1) is 0 Å². The van der Waals surface area contributed by atoms with Gasteiger partial charge in [0.15, 0.2) is 6.10 Å². The third kappa shape index (κ3) is 4.55. The molecule has 7 heteroatoms. The average molecular weight is 414 g/mol. The van der Waals surface area contributed by atoms with Gasteiger partial charge >= 0.3 is 12.0 Å². The number of amides is 3. The van der Waals surface area contributed by atoms with Crippen molar-refractivity contribution in [3.8, 4) is 0 Å². The summed E-state index contributed by atoms with van der Waals surface area (Å²) in [6.45, 7) is 1.39. The number of nitrogens with one attached hydrogen (secondary N) is 2. The predicted octanol–water partition coefficient (Wildman–Crippen LogP) is 3.57. The van der Waals surface area contributed by atoms with Gasteiger partial charge < -0.3 is 10.1 Å². The molecule has 0 spiro atoms. The van der Waals surface area contributed by atoms with Crippen molar-refractivity contribution in [3.05, 3.63) is 41.7 Å². The van der Waals surface area contributed by atoms with Crippen LogP contribution in [0.3, 0.4) is 0 Å². The molecule has 1 aromatic rings. The summed E-state index contributed by atoms with van der Waals surface area (Å²) in [5.41, 5.74) is 0.0307. The highest BCUT2D eigenvalue weighted by Crippen LogP contribution is 2.55. The van der Waals surface area contributed by atoms with Crippen LogP contribution in [-0.2, 0) is 14.3 Å². The Morgan fingerprint density at radius 2 is 1.70 bits per heavy atom. The van der Waals surface area contributed by atoms with Crippen LogP contribution in [0.15, 0.2) is 30.3 Å². The Hall–Kier alpha value is -2.70. The molecule has 4 aliphatic rings. The van der Waals surface area contributed by atoms with Crippen molar-refractivity contribution < 1.29 is 23.5 Å². The van der Waals surface area contributed by atoms with Crippen LogP contribution in [-0.4, -0.2) is 29.6 Å². The van der Waals surface area contributed by atoms with Crippen molar-refractivity contribution in [2.45, 2.75) is 57.1 Å². The van der Waals surface area contributed by atoms with Gasteiger partial charge in [-0.05, 0) is 75.3 Å². The number of ether oxygens (including phenoxy) is 1. The lowest BCUT2D eigenvalue weighted by Crippen LogP contribution is -2.62. The Morgan fingerprint density at radius 3 is 2.30 bits per heavy atom. The van der Waals surface area contributed by atoms with Crippen LogP contribution in [0, 0.1) is 23.6 Å². The van der Waals surface area contributed by atoms with E-state index >= 15 is 0 Å². The molecule has 4 saturated carbocycles. The average Bonchev–Trinajstić information content (AvgIpc) is 2.65. The van der Waals surface area contributed by atoms with Crippen LogP contribution in [0.4, 0.5) is 9.18 Å². The third-order valence-electron chi connectivity index (χ3n) is 6.62. The topological polar surface area (TPSA) is 84.5 Å². The molecule has 0 aliphatic heterocycles. The summed E-state index contributed by atoms with van der Waals surface area (Å²) in [6, 6.07) is 5.46. The van der Waals surface area contributed by atoms with E-state index in [1.54, 1.807) is 12.1 Å². The number of esters is 1. The van der Waals surface area contributed by atoms with Crippen molar-refractivity contribution >= 4 is 24.0 Å². The van der Waals surface area contributed by atoms with E-state index in [-0.39, 0.29) is 11.1 Å². The Kier molecular flexibility index (Phi) is 5.62. The van der Waals surface area contributed by atoms with Crippen LogP contribution in [0.25, 0.3) is 6.08 Å². The minimum atomic E-state index is -1.15. The number of rotatable bonds is 5. The van der Waals surface area contributed by atoms with E-state index in [1.807, 2.05) is 0 Å². The highest BCUT2D eigenvalue weighted by atomic mass is 19.1. The highest BCUT2D eigenvalue weighted by Gasteiger charge is 2.51. The zero-order valence-corrected chi connectivity index (χ0v) is 17.0. The summed E-state index contributed by atoms with van der Waals surface area (Å²) in [5.74, 6) is 0.0797. The summed E-state index contributed by atoms with van der Waals surface area (Å²) in [6.07, 6.45) is 7.90. The summed E-state index contributed by atoms with van der Waals surface area (Å²) in [4.78, 5) is 36.6. The molecule has 3 amide bonds. The summed E-state index contributed by atoms with van der Waals surface area (Å²) in [7, 11) is 0. The van der Waals surface area contributed by atoms with Gasteiger partial charge in [0.1, 0.15) is 5.82 Å². The number of hydrogen-bond acceptors (Lipinski definition) is 4. The summed E-state index contributed by atoms with van der Waals surface area (Å²) >= 11 is 0. The molecule has 1 atom stereocenters. The number of halogens is 1. The Bertz CT molecular complexity index is 846. The number of carbonyl (C=O) groups is 3. The first kappa shape index (κ1) is 20.6. The molecular weight excluding hydrogens is 387 g/mol. The van der Waals surface area contributed by atoms with Gasteiger partial charge in [0.05, 0.1) is 0 Å². The fourth-order valence-electron chi connectivity index (χ4n) is 5.78. The van der Waals surface area contributed by atoms with E-state index in [1.165, 1.54) is 44.4 Å². The maximum Gasteiger partial charge on any atom is 0.331 e. The Morgan fingerprint density at radius 1 is 1.10 bits per heavy atom. The van der Waals surface area contributed by atoms with Crippen molar-refractivity contribution in [2.24, 2.45) is 17.8 Å². The summed E-state index contributed by atoms with van der Waals surface area (Å²) < 4.78 is 18.6. The first-order chi connectivity index (χ1) is 14.3. The molecule has 0 unspecified atom stereocenters. The maximum atomic E-state index is 13.6. The zero-order chi connectivity index (χ0) is 21.3. The van der Waals surface area contributed by atoms with Crippen LogP contribution in [0.1, 0.15) is 51.0 Å². The molecular formula is C23H27FN2O4. The van der Waals surface area contributed by atoms with Crippen molar-refractivity contribution in [1.29, 1.82) is 0 Å². The number of urea groups is 1. The predicted molar refractivity (Wildman–Crippen MR) is 109 cm³/mol. The minimum absolute atomic E-state index is 0.207. The SMILES string of the molecule is C[C@H](OC(=O)/C=C/c1ccccc1F)C(=O)NC(=O)NC12CC3CC(CC(C3)C1)C2. The monoisotopic (exact) mass is 414 g/mol.